The molecule has 1 nitrogen and oxygen atoms in total. The predicted octanol–water partition coefficient (Wildman–Crippen LogP) is 1.67. The summed E-state index contributed by atoms with van der Waals surface area (Å²) in [6, 6.07) is 0. The van der Waals surface area contributed by atoms with Crippen LogP contribution < -0.4 is 0 Å². The summed E-state index contributed by atoms with van der Waals surface area (Å²) in [5, 5.41) is 0.103. The van der Waals surface area contributed by atoms with Crippen molar-refractivity contribution in [2.75, 3.05) is 12.4 Å². The highest BCUT2D eigenvalue weighted by atomic mass is 32.2. The van der Waals surface area contributed by atoms with Crippen LogP contribution in [0.15, 0.2) is 0 Å². The molecule has 0 aliphatic carbocycles. The molecule has 3 heteroatoms. The molecule has 0 N–H and O–H groups in total. The average molecular weight is 162 g/mol. The van der Waals surface area contributed by atoms with Gasteiger partial charge in [0.1, 0.15) is 6.67 Å². The van der Waals surface area contributed by atoms with Gasteiger partial charge in [0, 0.05) is 5.75 Å². The average Bonchev–Trinajstić information content (AvgIpc) is 2.68. The number of halogens is 1. The molecular weight excluding hydrogens is 151 g/mol. The molecule has 1 fully saturated rings. The lowest BCUT2D eigenvalue weighted by Gasteiger charge is -2.17. The lowest BCUT2D eigenvalue weighted by Crippen LogP contribution is -2.29. The Bertz CT molecular complexity index is 152. The van der Waals surface area contributed by atoms with Gasteiger partial charge in [0.2, 0.25) is 0 Å². The van der Waals surface area contributed by atoms with Crippen LogP contribution in [-0.2, 0) is 4.79 Å². The largest absolute Gasteiger partial charge is 0.298 e. The molecule has 1 heterocycles. The molecule has 0 radical (unpaired) electrons. The van der Waals surface area contributed by atoms with Gasteiger partial charge in [-0.1, -0.05) is 13.8 Å². The van der Waals surface area contributed by atoms with E-state index >= 15 is 0 Å². The molecule has 0 aromatic rings. The van der Waals surface area contributed by atoms with Gasteiger partial charge in [-0.05, 0) is 0 Å². The number of ketones is 1. The molecule has 0 bridgehead atoms. The van der Waals surface area contributed by atoms with Gasteiger partial charge in [-0.15, -0.1) is 11.8 Å². The summed E-state index contributed by atoms with van der Waals surface area (Å²) in [7, 11) is 0. The van der Waals surface area contributed by atoms with Crippen LogP contribution in [0.25, 0.3) is 0 Å². The first-order chi connectivity index (χ1) is 4.58. The zero-order valence-corrected chi connectivity index (χ0v) is 7.00. The highest BCUT2D eigenvalue weighted by molar-refractivity contribution is 8.07. The van der Waals surface area contributed by atoms with Crippen LogP contribution in [0.4, 0.5) is 4.39 Å². The van der Waals surface area contributed by atoms with E-state index in [1.165, 1.54) is 0 Å². The van der Waals surface area contributed by atoms with E-state index in [0.717, 1.165) is 5.75 Å². The monoisotopic (exact) mass is 162 g/mol. The van der Waals surface area contributed by atoms with E-state index in [0.29, 0.717) is 0 Å². The van der Waals surface area contributed by atoms with E-state index in [1.54, 1.807) is 25.6 Å². The molecule has 1 saturated heterocycles. The van der Waals surface area contributed by atoms with Crippen molar-refractivity contribution in [1.29, 1.82) is 0 Å². The number of hydrogen-bond donors (Lipinski definition) is 0. The van der Waals surface area contributed by atoms with E-state index in [2.05, 4.69) is 0 Å². The fourth-order valence-electron chi connectivity index (χ4n) is 0.701. The minimum atomic E-state index is -0.742. The molecule has 0 aromatic carbocycles. The third-order valence-corrected chi connectivity index (χ3v) is 2.51. The van der Waals surface area contributed by atoms with Crippen molar-refractivity contribution in [2.24, 2.45) is 5.41 Å². The quantitative estimate of drug-likeness (QED) is 0.587. The van der Waals surface area contributed by atoms with Gasteiger partial charge in [-0.25, -0.2) is 0 Å². The highest BCUT2D eigenvalue weighted by Gasteiger charge is 2.40. The standard InChI is InChI=1S/C7H11FOS/c1-7(2,4-8)6(9)5-3-10-5/h5H,3-4H2,1-2H3. The smallest absolute Gasteiger partial charge is 0.154 e. The summed E-state index contributed by atoms with van der Waals surface area (Å²) >= 11 is 1.60. The van der Waals surface area contributed by atoms with Gasteiger partial charge >= 0.3 is 0 Å². The van der Waals surface area contributed by atoms with Crippen LogP contribution in [0.2, 0.25) is 0 Å². The third-order valence-electron chi connectivity index (χ3n) is 1.63. The Morgan fingerprint density at radius 3 is 2.60 bits per heavy atom. The molecule has 1 rings (SSSR count). The van der Waals surface area contributed by atoms with Crippen LogP contribution >= 0.6 is 11.8 Å². The molecule has 1 aliphatic heterocycles. The SMILES string of the molecule is CC(C)(CF)C(=O)C1CS1. The van der Waals surface area contributed by atoms with E-state index < -0.39 is 12.1 Å². The van der Waals surface area contributed by atoms with E-state index in [9.17, 15) is 9.18 Å². The van der Waals surface area contributed by atoms with Gasteiger partial charge in [0.05, 0.1) is 10.7 Å². The Morgan fingerprint density at radius 2 is 2.30 bits per heavy atom. The Labute approximate surface area is 64.4 Å². The molecule has 0 amide bonds. The third kappa shape index (κ3) is 1.51. The molecule has 0 aromatic heterocycles. The fraction of sp³-hybridized carbons (Fsp3) is 0.857. The second-order valence-corrected chi connectivity index (χ2v) is 4.44. The van der Waals surface area contributed by atoms with Crippen LogP contribution in [0.1, 0.15) is 13.8 Å². The number of thioether (sulfide) groups is 1. The molecule has 0 spiro atoms. The van der Waals surface area contributed by atoms with Gasteiger partial charge in [0.15, 0.2) is 5.78 Å². The summed E-state index contributed by atoms with van der Waals surface area (Å²) in [4.78, 5) is 11.2. The van der Waals surface area contributed by atoms with Crippen molar-refractivity contribution in [2.45, 2.75) is 19.1 Å². The lowest BCUT2D eigenvalue weighted by molar-refractivity contribution is -0.126. The van der Waals surface area contributed by atoms with Crippen LogP contribution in [-0.4, -0.2) is 23.5 Å². The Kier molecular flexibility index (Phi) is 2.04. The second-order valence-electron chi connectivity index (χ2n) is 3.20. The Morgan fingerprint density at radius 1 is 1.80 bits per heavy atom. The summed E-state index contributed by atoms with van der Waals surface area (Å²) in [5.41, 5.74) is -0.742. The Hall–Kier alpha value is -0.0500. The predicted molar refractivity (Wildman–Crippen MR) is 41.0 cm³/mol. The second kappa shape index (κ2) is 2.53. The van der Waals surface area contributed by atoms with E-state index in [-0.39, 0.29) is 11.0 Å². The van der Waals surface area contributed by atoms with E-state index in [1.807, 2.05) is 0 Å². The van der Waals surface area contributed by atoms with E-state index in [4.69, 9.17) is 0 Å². The van der Waals surface area contributed by atoms with Crippen molar-refractivity contribution in [3.8, 4) is 0 Å². The van der Waals surface area contributed by atoms with Gasteiger partial charge in [0.25, 0.3) is 0 Å². The molecule has 1 atom stereocenters. The van der Waals surface area contributed by atoms with Crippen molar-refractivity contribution in [1.82, 2.24) is 0 Å². The molecular formula is C7H11FOS. The maximum atomic E-state index is 12.2. The fourth-order valence-corrected chi connectivity index (χ4v) is 1.42. The molecule has 1 unspecified atom stereocenters. The van der Waals surface area contributed by atoms with Crippen molar-refractivity contribution in [3.05, 3.63) is 0 Å². The molecule has 10 heavy (non-hydrogen) atoms. The number of Topliss-reactive ketones (excluding diaryl/α,β-unsaturated/α-hetero) is 1. The van der Waals surface area contributed by atoms with Gasteiger partial charge < -0.3 is 0 Å². The van der Waals surface area contributed by atoms with Gasteiger partial charge in [-0.3, -0.25) is 9.18 Å². The summed E-state index contributed by atoms with van der Waals surface area (Å²) in [6.07, 6.45) is 0. The summed E-state index contributed by atoms with van der Waals surface area (Å²) in [6.45, 7) is 2.78. The van der Waals surface area contributed by atoms with Gasteiger partial charge in [-0.2, -0.15) is 0 Å². The maximum Gasteiger partial charge on any atom is 0.154 e. The zero-order valence-electron chi connectivity index (χ0n) is 6.19. The first kappa shape index (κ1) is 8.05. The first-order valence-corrected chi connectivity index (χ1v) is 4.34. The minimum absolute atomic E-state index is 0.0694. The van der Waals surface area contributed by atoms with Crippen LogP contribution in [0.5, 0.6) is 0 Å². The zero-order chi connectivity index (χ0) is 7.78. The Balaban J connectivity index is 2.52. The summed E-state index contributed by atoms with van der Waals surface area (Å²) in [5.74, 6) is 0.961. The molecule has 58 valence electrons. The first-order valence-electron chi connectivity index (χ1n) is 3.30. The van der Waals surface area contributed by atoms with Crippen molar-refractivity contribution in [3.63, 3.8) is 0 Å². The molecule has 1 aliphatic rings. The number of hydrogen-bond acceptors (Lipinski definition) is 2. The van der Waals surface area contributed by atoms with Crippen LogP contribution in [0, 0.1) is 5.41 Å². The lowest BCUT2D eigenvalue weighted by atomic mass is 9.88. The highest BCUT2D eigenvalue weighted by Crippen LogP contribution is 2.36. The number of alkyl halides is 1. The van der Waals surface area contributed by atoms with Crippen molar-refractivity contribution >= 4 is 17.5 Å². The topological polar surface area (TPSA) is 17.1 Å². The minimum Gasteiger partial charge on any atom is -0.298 e. The summed E-state index contributed by atoms with van der Waals surface area (Å²) < 4.78 is 12.2. The van der Waals surface area contributed by atoms with Crippen molar-refractivity contribution < 1.29 is 9.18 Å². The number of rotatable bonds is 3. The number of carbonyl (C=O) groups is 1. The van der Waals surface area contributed by atoms with Crippen LogP contribution in [0.3, 0.4) is 0 Å². The number of carbonyl (C=O) groups excluding carboxylic acids is 1. The normalized spacial score (nSPS) is 24.5. The molecule has 0 saturated carbocycles. The maximum absolute atomic E-state index is 12.2.